The van der Waals surface area contributed by atoms with Crippen molar-refractivity contribution in [2.45, 2.75) is 6.42 Å². The minimum atomic E-state index is -0.544. The van der Waals surface area contributed by atoms with Crippen LogP contribution in [-0.2, 0) is 6.42 Å². The van der Waals surface area contributed by atoms with Gasteiger partial charge in [-0.25, -0.2) is 4.39 Å². The first-order chi connectivity index (χ1) is 8.95. The molecule has 98 valence electrons. The second-order valence-corrected chi connectivity index (χ2v) is 4.97. The molecule has 0 saturated carbocycles. The van der Waals surface area contributed by atoms with Crippen LogP contribution >= 0.6 is 23.2 Å². The highest BCUT2D eigenvalue weighted by atomic mass is 35.5. The molecule has 0 aromatic heterocycles. The summed E-state index contributed by atoms with van der Waals surface area (Å²) in [5.74, 6) is -0.728. The van der Waals surface area contributed by atoms with Gasteiger partial charge in [-0.2, -0.15) is 0 Å². The first-order valence-corrected chi connectivity index (χ1v) is 6.24. The van der Waals surface area contributed by atoms with Crippen LogP contribution < -0.4 is 5.73 Å². The quantitative estimate of drug-likeness (QED) is 0.683. The van der Waals surface area contributed by atoms with Gasteiger partial charge in [-0.15, -0.1) is 0 Å². The fraction of sp³-hybridized carbons (Fsp3) is 0.0714. The summed E-state index contributed by atoms with van der Waals surface area (Å²) in [4.78, 5) is 12.0. The van der Waals surface area contributed by atoms with Crippen molar-refractivity contribution < 1.29 is 9.18 Å². The maximum Gasteiger partial charge on any atom is 0.167 e. The molecule has 0 aliphatic carbocycles. The second-order valence-electron chi connectivity index (χ2n) is 4.12. The van der Waals surface area contributed by atoms with Crippen molar-refractivity contribution in [1.82, 2.24) is 0 Å². The highest BCUT2D eigenvalue weighted by molar-refractivity contribution is 6.31. The Hall–Kier alpha value is -1.58. The van der Waals surface area contributed by atoms with Crippen molar-refractivity contribution in [3.63, 3.8) is 0 Å². The number of carbonyl (C=O) groups is 1. The minimum Gasteiger partial charge on any atom is -0.399 e. The number of carbonyl (C=O) groups excluding carboxylic acids is 1. The molecule has 2 aromatic rings. The number of halogens is 3. The minimum absolute atomic E-state index is 0.0307. The van der Waals surface area contributed by atoms with Crippen molar-refractivity contribution in [2.75, 3.05) is 5.73 Å². The summed E-state index contributed by atoms with van der Waals surface area (Å²) in [6, 6.07) is 8.91. The number of nitrogen functional groups attached to an aromatic ring is 1. The van der Waals surface area contributed by atoms with Crippen molar-refractivity contribution >= 4 is 34.7 Å². The Labute approximate surface area is 119 Å². The molecule has 0 bridgehead atoms. The summed E-state index contributed by atoms with van der Waals surface area (Å²) in [6.07, 6.45) is 0.0634. The topological polar surface area (TPSA) is 43.1 Å². The van der Waals surface area contributed by atoms with E-state index in [-0.39, 0.29) is 17.2 Å². The van der Waals surface area contributed by atoms with Gasteiger partial charge < -0.3 is 5.73 Å². The number of anilines is 1. The van der Waals surface area contributed by atoms with E-state index in [0.717, 1.165) is 0 Å². The summed E-state index contributed by atoms with van der Waals surface area (Å²) >= 11 is 11.4. The summed E-state index contributed by atoms with van der Waals surface area (Å²) in [5.41, 5.74) is 6.99. The standard InChI is InChI=1S/C14H10Cl2FNO/c15-10-5-9(6-11(18)7-10)14(19)4-8-1-2-12(16)13(17)3-8/h1-3,5-7H,4,18H2. The van der Waals surface area contributed by atoms with Crippen LogP contribution in [0.1, 0.15) is 15.9 Å². The lowest BCUT2D eigenvalue weighted by Gasteiger charge is -2.04. The smallest absolute Gasteiger partial charge is 0.167 e. The van der Waals surface area contributed by atoms with Crippen molar-refractivity contribution in [3.8, 4) is 0 Å². The molecule has 0 unspecified atom stereocenters. The predicted octanol–water partition coefficient (Wildman–Crippen LogP) is 4.14. The lowest BCUT2D eigenvalue weighted by Crippen LogP contribution is -2.04. The van der Waals surface area contributed by atoms with Crippen molar-refractivity contribution in [2.24, 2.45) is 0 Å². The maximum atomic E-state index is 13.3. The van der Waals surface area contributed by atoms with E-state index in [4.69, 9.17) is 28.9 Å². The number of hydrogen-bond donors (Lipinski definition) is 1. The van der Waals surface area contributed by atoms with E-state index in [1.54, 1.807) is 18.2 Å². The number of nitrogens with two attached hydrogens (primary N) is 1. The van der Waals surface area contributed by atoms with E-state index >= 15 is 0 Å². The van der Waals surface area contributed by atoms with Crippen LogP contribution in [-0.4, -0.2) is 5.78 Å². The van der Waals surface area contributed by atoms with E-state index < -0.39 is 5.82 Å². The Balaban J connectivity index is 2.22. The van der Waals surface area contributed by atoms with Gasteiger partial charge in [0.25, 0.3) is 0 Å². The van der Waals surface area contributed by atoms with Gasteiger partial charge in [-0.05, 0) is 35.9 Å². The molecule has 0 saturated heterocycles. The molecule has 0 aliphatic rings. The van der Waals surface area contributed by atoms with Gasteiger partial charge in [0.15, 0.2) is 5.78 Å². The first kappa shape index (κ1) is 13.8. The average molecular weight is 298 g/mol. The molecule has 5 heteroatoms. The molecule has 0 aliphatic heterocycles. The van der Waals surface area contributed by atoms with Crippen LogP contribution in [0.2, 0.25) is 10.0 Å². The molecule has 0 radical (unpaired) electrons. The lowest BCUT2D eigenvalue weighted by atomic mass is 10.0. The largest absolute Gasteiger partial charge is 0.399 e. The van der Waals surface area contributed by atoms with E-state index in [2.05, 4.69) is 0 Å². The Morgan fingerprint density at radius 3 is 2.53 bits per heavy atom. The summed E-state index contributed by atoms with van der Waals surface area (Å²) < 4.78 is 13.3. The van der Waals surface area contributed by atoms with Gasteiger partial charge in [-0.1, -0.05) is 29.3 Å². The third kappa shape index (κ3) is 3.46. The SMILES string of the molecule is Nc1cc(Cl)cc(C(=O)Cc2ccc(Cl)c(F)c2)c1. The van der Waals surface area contributed by atoms with Crippen molar-refractivity contribution in [3.05, 3.63) is 63.4 Å². The van der Waals surface area contributed by atoms with Gasteiger partial charge in [0.05, 0.1) is 5.02 Å². The Kier molecular flexibility index (Phi) is 4.08. The maximum absolute atomic E-state index is 13.3. The number of ketones is 1. The van der Waals surface area contributed by atoms with Crippen LogP contribution in [0.15, 0.2) is 36.4 Å². The highest BCUT2D eigenvalue weighted by Crippen LogP contribution is 2.20. The lowest BCUT2D eigenvalue weighted by molar-refractivity contribution is 0.0993. The molecular weight excluding hydrogens is 288 g/mol. The van der Waals surface area contributed by atoms with E-state index in [0.29, 0.717) is 21.8 Å². The first-order valence-electron chi connectivity index (χ1n) is 5.49. The summed E-state index contributed by atoms with van der Waals surface area (Å²) in [5, 5.41) is 0.425. The van der Waals surface area contributed by atoms with E-state index in [1.165, 1.54) is 18.2 Å². The Morgan fingerprint density at radius 1 is 1.16 bits per heavy atom. The molecule has 19 heavy (non-hydrogen) atoms. The average Bonchev–Trinajstić information content (AvgIpc) is 2.32. The molecule has 0 atom stereocenters. The molecule has 2 rings (SSSR count). The van der Waals surface area contributed by atoms with Crippen LogP contribution in [0.3, 0.4) is 0 Å². The zero-order chi connectivity index (χ0) is 14.0. The molecule has 0 amide bonds. The van der Waals surface area contributed by atoms with Gasteiger partial charge in [0.2, 0.25) is 0 Å². The summed E-state index contributed by atoms with van der Waals surface area (Å²) in [6.45, 7) is 0. The van der Waals surface area contributed by atoms with E-state index in [9.17, 15) is 9.18 Å². The fourth-order valence-electron chi connectivity index (χ4n) is 1.71. The van der Waals surface area contributed by atoms with Gasteiger partial charge >= 0.3 is 0 Å². The van der Waals surface area contributed by atoms with E-state index in [1.807, 2.05) is 0 Å². The van der Waals surface area contributed by atoms with Crippen LogP contribution in [0.4, 0.5) is 10.1 Å². The predicted molar refractivity (Wildman–Crippen MR) is 75.3 cm³/mol. The fourth-order valence-corrected chi connectivity index (χ4v) is 2.07. The zero-order valence-electron chi connectivity index (χ0n) is 9.79. The molecule has 2 nitrogen and oxygen atoms in total. The van der Waals surface area contributed by atoms with Crippen LogP contribution in [0.25, 0.3) is 0 Å². The number of rotatable bonds is 3. The molecule has 0 heterocycles. The monoisotopic (exact) mass is 297 g/mol. The van der Waals surface area contributed by atoms with Gasteiger partial charge in [0, 0.05) is 22.7 Å². The number of Topliss-reactive ketones (excluding diaryl/α,β-unsaturated/α-hetero) is 1. The van der Waals surface area contributed by atoms with Gasteiger partial charge in [-0.3, -0.25) is 4.79 Å². The van der Waals surface area contributed by atoms with Crippen molar-refractivity contribution in [1.29, 1.82) is 0 Å². The molecular formula is C14H10Cl2FNO. The summed E-state index contributed by atoms with van der Waals surface area (Å²) in [7, 11) is 0. The zero-order valence-corrected chi connectivity index (χ0v) is 11.3. The van der Waals surface area contributed by atoms with Gasteiger partial charge in [0.1, 0.15) is 5.82 Å². The third-order valence-corrected chi connectivity index (χ3v) is 3.12. The van der Waals surface area contributed by atoms with Crippen LogP contribution in [0, 0.1) is 5.82 Å². The highest BCUT2D eigenvalue weighted by Gasteiger charge is 2.10. The number of hydrogen-bond acceptors (Lipinski definition) is 2. The normalized spacial score (nSPS) is 10.5. The molecule has 0 spiro atoms. The van der Waals surface area contributed by atoms with Crippen LogP contribution in [0.5, 0.6) is 0 Å². The molecule has 2 N–H and O–H groups in total. The Morgan fingerprint density at radius 2 is 1.89 bits per heavy atom. The number of benzene rings is 2. The molecule has 0 fully saturated rings. The third-order valence-electron chi connectivity index (χ3n) is 2.59. The Bertz CT molecular complexity index is 623. The second kappa shape index (κ2) is 5.59. The molecule has 2 aromatic carbocycles.